The molecule has 10 nitrogen and oxygen atoms in total. The van der Waals surface area contributed by atoms with E-state index in [1.54, 1.807) is 35.0 Å². The predicted octanol–water partition coefficient (Wildman–Crippen LogP) is 4.05. The van der Waals surface area contributed by atoms with Gasteiger partial charge in [0.25, 0.3) is 11.8 Å². The molecule has 0 aliphatic carbocycles. The first kappa shape index (κ1) is 31.4. The molecule has 2 aliphatic heterocycles. The average molecular weight is 584 g/mol. The van der Waals surface area contributed by atoms with E-state index in [9.17, 15) is 14.7 Å². The third kappa shape index (κ3) is 7.46. The Kier molecular flexibility index (Phi) is 10.6. The van der Waals surface area contributed by atoms with Crippen LogP contribution in [-0.2, 0) is 4.74 Å². The second-order valence-corrected chi connectivity index (χ2v) is 11.6. The van der Waals surface area contributed by atoms with Gasteiger partial charge in [-0.2, -0.15) is 0 Å². The van der Waals surface area contributed by atoms with Gasteiger partial charge in [-0.05, 0) is 69.5 Å². The fraction of sp³-hybridized carbons (Fsp3) is 0.562. The van der Waals surface area contributed by atoms with Gasteiger partial charge >= 0.3 is 0 Å². The highest BCUT2D eigenvalue weighted by Gasteiger charge is 2.31. The Morgan fingerprint density at radius 2 is 1.79 bits per heavy atom. The predicted molar refractivity (Wildman–Crippen MR) is 161 cm³/mol. The lowest BCUT2D eigenvalue weighted by Crippen LogP contribution is -2.48. The summed E-state index contributed by atoms with van der Waals surface area (Å²) in [5.41, 5.74) is 1.85. The molecule has 4 rings (SSSR count). The first-order valence-electron chi connectivity index (χ1n) is 14.8. The largest absolute Gasteiger partial charge is 0.490 e. The smallest absolute Gasteiger partial charge is 0.258 e. The molecule has 0 fully saturated rings. The van der Waals surface area contributed by atoms with Gasteiger partial charge in [-0.15, -0.1) is 0 Å². The summed E-state index contributed by atoms with van der Waals surface area (Å²) < 4.78 is 23.5. The van der Waals surface area contributed by atoms with Crippen LogP contribution in [0.25, 0.3) is 0 Å². The Labute approximate surface area is 249 Å². The SMILES string of the molecule is C[C@@H]1CCCCO[C@@H](CN(C)C(=O)c2ccc3c(c2)OCO3)[C@H](C)CN([C@@H](C)CO)C(=O)c2cc(N(C)C)ccc2O1. The number of rotatable bonds is 6. The van der Waals surface area contributed by atoms with Crippen LogP contribution >= 0.6 is 0 Å². The van der Waals surface area contributed by atoms with Gasteiger partial charge in [0.15, 0.2) is 11.5 Å². The van der Waals surface area contributed by atoms with Crippen molar-refractivity contribution < 1.29 is 33.6 Å². The molecule has 2 aromatic carbocycles. The summed E-state index contributed by atoms with van der Waals surface area (Å²) >= 11 is 0. The summed E-state index contributed by atoms with van der Waals surface area (Å²) in [6, 6.07) is 10.4. The van der Waals surface area contributed by atoms with Gasteiger partial charge in [0.2, 0.25) is 6.79 Å². The minimum atomic E-state index is -0.435. The number of aliphatic hydroxyl groups excluding tert-OH is 1. The summed E-state index contributed by atoms with van der Waals surface area (Å²) in [6.45, 7) is 7.02. The van der Waals surface area contributed by atoms with E-state index < -0.39 is 6.04 Å². The van der Waals surface area contributed by atoms with E-state index in [1.807, 2.05) is 58.0 Å². The fourth-order valence-corrected chi connectivity index (χ4v) is 5.25. The maximum Gasteiger partial charge on any atom is 0.258 e. The molecule has 230 valence electrons. The lowest BCUT2D eigenvalue weighted by molar-refractivity contribution is -0.0149. The van der Waals surface area contributed by atoms with E-state index >= 15 is 0 Å². The lowest BCUT2D eigenvalue weighted by Gasteiger charge is -2.36. The van der Waals surface area contributed by atoms with E-state index in [2.05, 4.69) is 0 Å². The van der Waals surface area contributed by atoms with Crippen LogP contribution in [0.3, 0.4) is 0 Å². The number of aliphatic hydroxyl groups is 1. The van der Waals surface area contributed by atoms with Crippen LogP contribution in [0, 0.1) is 5.92 Å². The summed E-state index contributed by atoms with van der Waals surface area (Å²) in [6.07, 6.45) is 2.14. The van der Waals surface area contributed by atoms with E-state index in [0.29, 0.717) is 48.1 Å². The number of carbonyl (C=O) groups is 2. The molecule has 2 amide bonds. The number of anilines is 1. The van der Waals surface area contributed by atoms with Crippen molar-refractivity contribution in [3.63, 3.8) is 0 Å². The molecule has 1 N–H and O–H groups in total. The van der Waals surface area contributed by atoms with Gasteiger partial charge in [-0.25, -0.2) is 0 Å². The molecule has 0 aromatic heterocycles. The zero-order chi connectivity index (χ0) is 30.4. The monoisotopic (exact) mass is 583 g/mol. The molecule has 0 saturated carbocycles. The molecule has 42 heavy (non-hydrogen) atoms. The first-order valence-corrected chi connectivity index (χ1v) is 14.8. The van der Waals surface area contributed by atoms with E-state index in [1.165, 1.54) is 0 Å². The highest BCUT2D eigenvalue weighted by molar-refractivity contribution is 5.98. The van der Waals surface area contributed by atoms with E-state index in [0.717, 1.165) is 24.9 Å². The van der Waals surface area contributed by atoms with Crippen molar-refractivity contribution in [1.82, 2.24) is 9.80 Å². The zero-order valence-electron chi connectivity index (χ0n) is 25.7. The third-order valence-corrected chi connectivity index (χ3v) is 7.97. The number of ether oxygens (including phenoxy) is 4. The Morgan fingerprint density at radius 1 is 1.05 bits per heavy atom. The van der Waals surface area contributed by atoms with Crippen LogP contribution in [0.1, 0.15) is 60.7 Å². The second-order valence-electron chi connectivity index (χ2n) is 11.6. The first-order chi connectivity index (χ1) is 20.1. The highest BCUT2D eigenvalue weighted by Crippen LogP contribution is 2.33. The van der Waals surface area contributed by atoms with E-state index in [4.69, 9.17) is 18.9 Å². The minimum absolute atomic E-state index is 0.0893. The number of carbonyl (C=O) groups excluding carboxylic acids is 2. The second kappa shape index (κ2) is 14.1. The molecule has 4 atom stereocenters. The van der Waals surface area contributed by atoms with Crippen molar-refractivity contribution in [3.8, 4) is 17.2 Å². The lowest BCUT2D eigenvalue weighted by atomic mass is 10.0. The average Bonchev–Trinajstić information content (AvgIpc) is 3.45. The Morgan fingerprint density at radius 3 is 2.52 bits per heavy atom. The van der Waals surface area contributed by atoms with Gasteiger partial charge in [-0.3, -0.25) is 9.59 Å². The summed E-state index contributed by atoms with van der Waals surface area (Å²) in [5.74, 6) is 1.21. The highest BCUT2D eigenvalue weighted by atomic mass is 16.7. The minimum Gasteiger partial charge on any atom is -0.490 e. The Hall–Kier alpha value is -3.50. The van der Waals surface area contributed by atoms with Crippen molar-refractivity contribution in [1.29, 1.82) is 0 Å². The normalized spacial score (nSPS) is 22.0. The van der Waals surface area contributed by atoms with E-state index in [-0.39, 0.29) is 43.3 Å². The maximum absolute atomic E-state index is 14.1. The number of amides is 2. The molecule has 2 aromatic rings. The van der Waals surface area contributed by atoms with Crippen LogP contribution in [0.4, 0.5) is 5.69 Å². The summed E-state index contributed by atoms with van der Waals surface area (Å²) in [5, 5.41) is 10.1. The van der Waals surface area contributed by atoms with Gasteiger partial charge in [0.05, 0.1) is 30.4 Å². The number of fused-ring (bicyclic) bond motifs is 2. The number of hydrogen-bond donors (Lipinski definition) is 1. The van der Waals surface area contributed by atoms with Crippen molar-refractivity contribution in [3.05, 3.63) is 47.5 Å². The molecular weight excluding hydrogens is 538 g/mol. The van der Waals surface area contributed by atoms with Crippen molar-refractivity contribution in [2.75, 3.05) is 59.1 Å². The molecule has 2 heterocycles. The van der Waals surface area contributed by atoms with Gasteiger partial charge in [0, 0.05) is 58.0 Å². The van der Waals surface area contributed by atoms with Crippen molar-refractivity contribution >= 4 is 17.5 Å². The summed E-state index contributed by atoms with van der Waals surface area (Å²) in [7, 11) is 5.61. The fourth-order valence-electron chi connectivity index (χ4n) is 5.25. The Bertz CT molecular complexity index is 1240. The van der Waals surface area contributed by atoms with Crippen molar-refractivity contribution in [2.45, 2.75) is 58.3 Å². The van der Waals surface area contributed by atoms with Gasteiger partial charge in [0.1, 0.15) is 5.75 Å². The Balaban J connectivity index is 1.60. The van der Waals surface area contributed by atoms with Crippen LogP contribution < -0.4 is 19.1 Å². The molecule has 0 spiro atoms. The topological polar surface area (TPSA) is 101 Å². The maximum atomic E-state index is 14.1. The molecule has 0 saturated heterocycles. The van der Waals surface area contributed by atoms with Crippen LogP contribution in [0.15, 0.2) is 36.4 Å². The van der Waals surface area contributed by atoms with Crippen LogP contribution in [-0.4, -0.2) is 99.2 Å². The molecule has 0 bridgehead atoms. The zero-order valence-corrected chi connectivity index (χ0v) is 25.7. The number of benzene rings is 2. The van der Waals surface area contributed by atoms with Crippen molar-refractivity contribution in [2.24, 2.45) is 5.92 Å². The van der Waals surface area contributed by atoms with Gasteiger partial charge in [-0.1, -0.05) is 6.92 Å². The quantitative estimate of drug-likeness (QED) is 0.544. The molecule has 10 heteroatoms. The van der Waals surface area contributed by atoms with Crippen LogP contribution in [0.2, 0.25) is 0 Å². The number of nitrogens with zero attached hydrogens (tertiary/aromatic N) is 3. The number of likely N-dealkylation sites (N-methyl/N-ethyl adjacent to an activating group) is 1. The standard InChI is InChI=1S/C32H45N3O7/c1-21-17-35(22(2)19-36)32(38)26-16-25(33(4)5)11-13-27(26)42-23(3)9-7-8-14-39-30(21)18-34(6)31(37)24-10-12-28-29(15-24)41-20-40-28/h10-13,15-16,21-23,30,36H,7-9,14,17-20H2,1-6H3/t21-,22+,23-,30+/m1/s1. The molecular formula is C32H45N3O7. The molecule has 2 aliphatic rings. The summed E-state index contributed by atoms with van der Waals surface area (Å²) in [4.78, 5) is 32.8. The number of hydrogen-bond acceptors (Lipinski definition) is 8. The molecule has 0 unspecified atom stereocenters. The molecule has 0 radical (unpaired) electrons. The third-order valence-electron chi connectivity index (χ3n) is 7.97. The van der Waals surface area contributed by atoms with Gasteiger partial charge < -0.3 is 38.8 Å². The van der Waals surface area contributed by atoms with Crippen LogP contribution in [0.5, 0.6) is 17.2 Å².